The zero-order chi connectivity index (χ0) is 15.8. The first kappa shape index (κ1) is 15.5. The fourth-order valence-corrected chi connectivity index (χ4v) is 2.02. The summed E-state index contributed by atoms with van der Waals surface area (Å²) in [4.78, 5) is 12.2. The summed E-state index contributed by atoms with van der Waals surface area (Å²) in [5.74, 6) is -0.216. The average molecular weight is 290 g/mol. The fourth-order valence-electron chi connectivity index (χ4n) is 2.02. The Morgan fingerprint density at radius 3 is 2.59 bits per heavy atom. The number of nitrogens with zero attached hydrogens (tertiary/aromatic N) is 1. The fraction of sp³-hybridized carbons (Fsp3) is 0.158. The molecule has 0 atom stereocenters. The van der Waals surface area contributed by atoms with Crippen molar-refractivity contribution in [2.24, 2.45) is 0 Å². The standard InChI is InChI=1S/C19H18N2O/c1-2-3-4-7-15-10-12-16(13-11-15)19(22)21-18-9-6-5-8-17(18)14-20/h4-13H,2-3H2,1H3,(H,21,22)/b7-4+. The van der Waals surface area contributed by atoms with Crippen LogP contribution in [0, 0.1) is 11.3 Å². The number of amides is 1. The molecule has 0 aliphatic carbocycles. The van der Waals surface area contributed by atoms with E-state index in [1.165, 1.54) is 0 Å². The predicted molar refractivity (Wildman–Crippen MR) is 89.5 cm³/mol. The van der Waals surface area contributed by atoms with Gasteiger partial charge in [-0.1, -0.05) is 49.8 Å². The van der Waals surface area contributed by atoms with Crippen LogP contribution >= 0.6 is 0 Å². The topological polar surface area (TPSA) is 52.9 Å². The summed E-state index contributed by atoms with van der Waals surface area (Å²) in [6.45, 7) is 2.14. The van der Waals surface area contributed by atoms with E-state index < -0.39 is 0 Å². The van der Waals surface area contributed by atoms with E-state index in [1.807, 2.05) is 12.1 Å². The Morgan fingerprint density at radius 1 is 1.18 bits per heavy atom. The van der Waals surface area contributed by atoms with Gasteiger partial charge >= 0.3 is 0 Å². The largest absolute Gasteiger partial charge is 0.321 e. The second-order valence-electron chi connectivity index (χ2n) is 4.92. The SMILES string of the molecule is CCC/C=C/c1ccc(C(=O)Nc2ccccc2C#N)cc1. The monoisotopic (exact) mass is 290 g/mol. The molecule has 3 nitrogen and oxygen atoms in total. The summed E-state index contributed by atoms with van der Waals surface area (Å²) in [7, 11) is 0. The summed E-state index contributed by atoms with van der Waals surface area (Å²) in [5.41, 5.74) is 2.62. The maximum Gasteiger partial charge on any atom is 0.255 e. The number of anilines is 1. The second kappa shape index (κ2) is 7.80. The van der Waals surface area contributed by atoms with Crippen molar-refractivity contribution in [3.8, 4) is 6.07 Å². The highest BCUT2D eigenvalue weighted by Gasteiger charge is 2.08. The van der Waals surface area contributed by atoms with Crippen molar-refractivity contribution in [3.05, 3.63) is 71.3 Å². The number of hydrogen-bond acceptors (Lipinski definition) is 2. The number of benzene rings is 2. The van der Waals surface area contributed by atoms with Crippen LogP contribution in [0.4, 0.5) is 5.69 Å². The van der Waals surface area contributed by atoms with Gasteiger partial charge in [0.25, 0.3) is 5.91 Å². The molecule has 1 amide bonds. The molecule has 0 aromatic heterocycles. The van der Waals surface area contributed by atoms with Crippen LogP contribution in [0.2, 0.25) is 0 Å². The summed E-state index contributed by atoms with van der Waals surface area (Å²) < 4.78 is 0. The van der Waals surface area contributed by atoms with Gasteiger partial charge < -0.3 is 5.32 Å². The van der Waals surface area contributed by atoms with E-state index in [0.29, 0.717) is 16.8 Å². The van der Waals surface area contributed by atoms with Crippen LogP contribution in [0.15, 0.2) is 54.6 Å². The van der Waals surface area contributed by atoms with Crippen molar-refractivity contribution < 1.29 is 4.79 Å². The van der Waals surface area contributed by atoms with Gasteiger partial charge in [0, 0.05) is 5.56 Å². The number of carbonyl (C=O) groups is 1. The van der Waals surface area contributed by atoms with Gasteiger partial charge in [-0.3, -0.25) is 4.79 Å². The Balaban J connectivity index is 2.08. The molecule has 0 aliphatic rings. The van der Waals surface area contributed by atoms with Crippen LogP contribution < -0.4 is 5.32 Å². The molecule has 0 spiro atoms. The van der Waals surface area contributed by atoms with Crippen molar-refractivity contribution in [1.29, 1.82) is 5.26 Å². The lowest BCUT2D eigenvalue weighted by atomic mass is 10.1. The smallest absolute Gasteiger partial charge is 0.255 e. The van der Waals surface area contributed by atoms with Crippen LogP contribution in [-0.2, 0) is 0 Å². The van der Waals surface area contributed by atoms with Crippen molar-refractivity contribution >= 4 is 17.7 Å². The molecule has 2 aromatic rings. The first-order valence-corrected chi connectivity index (χ1v) is 7.31. The maximum atomic E-state index is 12.2. The summed E-state index contributed by atoms with van der Waals surface area (Å²) >= 11 is 0. The lowest BCUT2D eigenvalue weighted by Crippen LogP contribution is -2.12. The first-order chi connectivity index (χ1) is 10.7. The highest BCUT2D eigenvalue weighted by Crippen LogP contribution is 2.15. The normalized spacial score (nSPS) is 10.4. The number of nitrogens with one attached hydrogen (secondary N) is 1. The molecule has 1 N–H and O–H groups in total. The van der Waals surface area contributed by atoms with Crippen LogP contribution in [0.25, 0.3) is 6.08 Å². The minimum atomic E-state index is -0.216. The number of nitriles is 1. The molecule has 2 aromatic carbocycles. The highest BCUT2D eigenvalue weighted by molar-refractivity contribution is 6.05. The molecule has 0 unspecified atom stereocenters. The van der Waals surface area contributed by atoms with Crippen molar-refractivity contribution in [2.75, 3.05) is 5.32 Å². The second-order valence-corrected chi connectivity index (χ2v) is 4.92. The van der Waals surface area contributed by atoms with Gasteiger partial charge in [-0.25, -0.2) is 0 Å². The lowest BCUT2D eigenvalue weighted by Gasteiger charge is -2.07. The van der Waals surface area contributed by atoms with Crippen LogP contribution in [0.3, 0.4) is 0 Å². The minimum absolute atomic E-state index is 0.216. The zero-order valence-corrected chi connectivity index (χ0v) is 12.5. The zero-order valence-electron chi connectivity index (χ0n) is 12.5. The molecule has 0 fully saturated rings. The van der Waals surface area contributed by atoms with E-state index in [4.69, 9.17) is 5.26 Å². The number of carbonyl (C=O) groups excluding carboxylic acids is 1. The van der Waals surface area contributed by atoms with Crippen LogP contribution in [0.5, 0.6) is 0 Å². The molecule has 0 heterocycles. The number of hydrogen-bond donors (Lipinski definition) is 1. The summed E-state index contributed by atoms with van der Waals surface area (Å²) in [5, 5.41) is 11.8. The molecular weight excluding hydrogens is 272 g/mol. The third kappa shape index (κ3) is 4.07. The van der Waals surface area contributed by atoms with Crippen LogP contribution in [-0.4, -0.2) is 5.91 Å². The Bertz CT molecular complexity index is 709. The van der Waals surface area contributed by atoms with Crippen molar-refractivity contribution in [2.45, 2.75) is 19.8 Å². The van der Waals surface area contributed by atoms with Gasteiger partial charge in [0.1, 0.15) is 6.07 Å². The number of rotatable bonds is 5. The quantitative estimate of drug-likeness (QED) is 0.873. The minimum Gasteiger partial charge on any atom is -0.321 e. The molecule has 0 saturated heterocycles. The van der Waals surface area contributed by atoms with Gasteiger partial charge in [-0.15, -0.1) is 0 Å². The molecule has 0 aliphatic heterocycles. The number of allylic oxidation sites excluding steroid dienone is 1. The Morgan fingerprint density at radius 2 is 1.91 bits per heavy atom. The average Bonchev–Trinajstić information content (AvgIpc) is 2.56. The van der Waals surface area contributed by atoms with Gasteiger partial charge in [-0.05, 0) is 36.2 Å². The lowest BCUT2D eigenvalue weighted by molar-refractivity contribution is 0.102. The number of para-hydroxylation sites is 1. The van der Waals surface area contributed by atoms with Crippen molar-refractivity contribution in [1.82, 2.24) is 0 Å². The van der Waals surface area contributed by atoms with E-state index in [2.05, 4.69) is 30.5 Å². The van der Waals surface area contributed by atoms with E-state index >= 15 is 0 Å². The predicted octanol–water partition coefficient (Wildman–Crippen LogP) is 4.62. The summed E-state index contributed by atoms with van der Waals surface area (Å²) in [6.07, 6.45) is 6.34. The Labute approximate surface area is 130 Å². The third-order valence-electron chi connectivity index (χ3n) is 3.23. The van der Waals surface area contributed by atoms with E-state index in [-0.39, 0.29) is 5.91 Å². The highest BCUT2D eigenvalue weighted by atomic mass is 16.1. The third-order valence-corrected chi connectivity index (χ3v) is 3.23. The van der Waals surface area contributed by atoms with Gasteiger partial charge in [0.05, 0.1) is 11.3 Å². The molecule has 110 valence electrons. The Kier molecular flexibility index (Phi) is 5.50. The molecule has 22 heavy (non-hydrogen) atoms. The molecule has 0 radical (unpaired) electrons. The maximum absolute atomic E-state index is 12.2. The van der Waals surface area contributed by atoms with Crippen LogP contribution in [0.1, 0.15) is 41.3 Å². The molecular formula is C19H18N2O. The van der Waals surface area contributed by atoms with Gasteiger partial charge in [0.15, 0.2) is 0 Å². The van der Waals surface area contributed by atoms with E-state index in [1.54, 1.807) is 36.4 Å². The number of unbranched alkanes of at least 4 members (excludes halogenated alkanes) is 1. The van der Waals surface area contributed by atoms with E-state index in [9.17, 15) is 4.79 Å². The molecule has 0 saturated carbocycles. The molecule has 3 heteroatoms. The molecule has 2 rings (SSSR count). The summed E-state index contributed by atoms with van der Waals surface area (Å²) in [6, 6.07) is 16.4. The van der Waals surface area contributed by atoms with Gasteiger partial charge in [-0.2, -0.15) is 5.26 Å². The Hall–Kier alpha value is -2.86. The molecule has 0 bridgehead atoms. The van der Waals surface area contributed by atoms with E-state index in [0.717, 1.165) is 18.4 Å². The van der Waals surface area contributed by atoms with Gasteiger partial charge in [0.2, 0.25) is 0 Å². The van der Waals surface area contributed by atoms with Crippen molar-refractivity contribution in [3.63, 3.8) is 0 Å². The first-order valence-electron chi connectivity index (χ1n) is 7.31.